The lowest BCUT2D eigenvalue weighted by Gasteiger charge is -2.02. The Balaban J connectivity index is 2.21. The zero-order chi connectivity index (χ0) is 13.1. The molecule has 3 N–H and O–H groups in total. The van der Waals surface area contributed by atoms with Crippen LogP contribution in [0.1, 0.15) is 10.4 Å². The third-order valence-electron chi connectivity index (χ3n) is 2.17. The van der Waals surface area contributed by atoms with Crippen molar-refractivity contribution in [2.24, 2.45) is 0 Å². The molecule has 2 aromatic rings. The van der Waals surface area contributed by atoms with Crippen molar-refractivity contribution in [1.82, 2.24) is 5.16 Å². The number of nitrogens with one attached hydrogen (secondary N) is 1. The van der Waals surface area contributed by atoms with Gasteiger partial charge >= 0.3 is 0 Å². The van der Waals surface area contributed by atoms with E-state index in [0.29, 0.717) is 0 Å². The first kappa shape index (κ1) is 11.6. The predicted molar refractivity (Wildman–Crippen MR) is 62.0 cm³/mol. The number of nitrogens with zero attached hydrogens (tertiary/aromatic N) is 2. The lowest BCUT2D eigenvalue weighted by atomic mass is 10.1. The molecule has 0 aliphatic heterocycles. The Hall–Kier alpha value is -2.90. The van der Waals surface area contributed by atoms with Crippen molar-refractivity contribution in [2.75, 3.05) is 11.1 Å². The van der Waals surface area contributed by atoms with Gasteiger partial charge in [-0.05, 0) is 12.1 Å². The van der Waals surface area contributed by atoms with E-state index in [1.807, 2.05) is 0 Å². The SMILES string of the molecule is Nc1cc(C(=O)Nc2ccon2)ccc1[N+](=O)[O-]. The number of anilines is 2. The van der Waals surface area contributed by atoms with Crippen LogP contribution in [0.25, 0.3) is 0 Å². The zero-order valence-corrected chi connectivity index (χ0v) is 8.99. The molecule has 0 atom stereocenters. The minimum Gasteiger partial charge on any atom is -0.393 e. The number of rotatable bonds is 3. The average Bonchev–Trinajstić information content (AvgIpc) is 2.81. The van der Waals surface area contributed by atoms with Crippen molar-refractivity contribution in [3.63, 3.8) is 0 Å². The Morgan fingerprint density at radius 3 is 2.78 bits per heavy atom. The van der Waals surface area contributed by atoms with E-state index < -0.39 is 10.8 Å². The molecule has 1 heterocycles. The molecular formula is C10H8N4O4. The van der Waals surface area contributed by atoms with Gasteiger partial charge in [-0.3, -0.25) is 14.9 Å². The summed E-state index contributed by atoms with van der Waals surface area (Å²) in [5.74, 6) is -0.234. The molecule has 0 unspecified atom stereocenters. The maximum absolute atomic E-state index is 11.7. The lowest BCUT2D eigenvalue weighted by Crippen LogP contribution is -2.12. The summed E-state index contributed by atoms with van der Waals surface area (Å²) in [6.07, 6.45) is 1.31. The second kappa shape index (κ2) is 4.53. The van der Waals surface area contributed by atoms with Crippen LogP contribution in [0.15, 0.2) is 35.1 Å². The van der Waals surface area contributed by atoms with E-state index in [-0.39, 0.29) is 22.8 Å². The lowest BCUT2D eigenvalue weighted by molar-refractivity contribution is -0.383. The second-order valence-electron chi connectivity index (χ2n) is 3.37. The van der Waals surface area contributed by atoms with Crippen LogP contribution in [-0.2, 0) is 0 Å². The van der Waals surface area contributed by atoms with Gasteiger partial charge < -0.3 is 15.6 Å². The van der Waals surface area contributed by atoms with Crippen LogP contribution in [0.5, 0.6) is 0 Å². The van der Waals surface area contributed by atoms with Crippen LogP contribution in [-0.4, -0.2) is 16.0 Å². The quantitative estimate of drug-likeness (QED) is 0.480. The third kappa shape index (κ3) is 2.26. The number of hydrogen-bond acceptors (Lipinski definition) is 6. The van der Waals surface area contributed by atoms with Gasteiger partial charge in [0, 0.05) is 17.7 Å². The number of hydrogen-bond donors (Lipinski definition) is 2. The van der Waals surface area contributed by atoms with Crippen LogP contribution in [0, 0.1) is 10.1 Å². The number of nitrogen functional groups attached to an aromatic ring is 1. The second-order valence-corrected chi connectivity index (χ2v) is 3.37. The molecule has 0 aliphatic carbocycles. The van der Waals surface area contributed by atoms with Crippen molar-refractivity contribution in [1.29, 1.82) is 0 Å². The molecule has 8 heteroatoms. The van der Waals surface area contributed by atoms with E-state index in [1.54, 1.807) is 0 Å². The smallest absolute Gasteiger partial charge is 0.292 e. The van der Waals surface area contributed by atoms with Crippen molar-refractivity contribution in [2.45, 2.75) is 0 Å². The van der Waals surface area contributed by atoms with E-state index in [2.05, 4.69) is 15.0 Å². The van der Waals surface area contributed by atoms with E-state index in [9.17, 15) is 14.9 Å². The average molecular weight is 248 g/mol. The van der Waals surface area contributed by atoms with Gasteiger partial charge in [-0.2, -0.15) is 0 Å². The van der Waals surface area contributed by atoms with E-state index in [4.69, 9.17) is 5.73 Å². The zero-order valence-electron chi connectivity index (χ0n) is 8.99. The Labute approximate surface area is 101 Å². The highest BCUT2D eigenvalue weighted by atomic mass is 16.6. The van der Waals surface area contributed by atoms with Gasteiger partial charge in [0.05, 0.1) is 4.92 Å². The highest BCUT2D eigenvalue weighted by Gasteiger charge is 2.15. The largest absolute Gasteiger partial charge is 0.393 e. The fraction of sp³-hybridized carbons (Fsp3) is 0. The fourth-order valence-electron chi connectivity index (χ4n) is 1.33. The molecule has 18 heavy (non-hydrogen) atoms. The summed E-state index contributed by atoms with van der Waals surface area (Å²) in [6, 6.07) is 5.18. The minimum absolute atomic E-state index is 0.0761. The molecule has 0 radical (unpaired) electrons. The first-order valence-corrected chi connectivity index (χ1v) is 4.83. The number of benzene rings is 1. The molecule has 2 rings (SSSR count). The van der Waals surface area contributed by atoms with Crippen LogP contribution in [0.2, 0.25) is 0 Å². The molecule has 8 nitrogen and oxygen atoms in total. The van der Waals surface area contributed by atoms with Crippen LogP contribution in [0.4, 0.5) is 17.2 Å². The van der Waals surface area contributed by atoms with Crippen LogP contribution >= 0.6 is 0 Å². The van der Waals surface area contributed by atoms with E-state index in [0.717, 1.165) is 0 Å². The van der Waals surface area contributed by atoms with Gasteiger partial charge in [0.2, 0.25) is 0 Å². The van der Waals surface area contributed by atoms with E-state index >= 15 is 0 Å². The maximum atomic E-state index is 11.7. The Morgan fingerprint density at radius 1 is 1.44 bits per heavy atom. The highest BCUT2D eigenvalue weighted by Crippen LogP contribution is 2.22. The monoisotopic (exact) mass is 248 g/mol. The molecule has 92 valence electrons. The molecule has 0 fully saturated rings. The summed E-state index contributed by atoms with van der Waals surface area (Å²) in [6.45, 7) is 0. The van der Waals surface area contributed by atoms with Crippen molar-refractivity contribution >= 4 is 23.1 Å². The van der Waals surface area contributed by atoms with Gasteiger partial charge in [-0.15, -0.1) is 0 Å². The first-order chi connectivity index (χ1) is 8.58. The summed E-state index contributed by atoms with van der Waals surface area (Å²) in [5.41, 5.74) is 5.35. The Morgan fingerprint density at radius 2 is 2.22 bits per heavy atom. The molecule has 0 saturated heterocycles. The molecule has 0 bridgehead atoms. The summed E-state index contributed by atoms with van der Waals surface area (Å²) < 4.78 is 4.55. The van der Waals surface area contributed by atoms with Crippen molar-refractivity contribution < 1.29 is 14.2 Å². The number of aromatic nitrogens is 1. The van der Waals surface area contributed by atoms with Gasteiger partial charge in [-0.25, -0.2) is 0 Å². The van der Waals surface area contributed by atoms with E-state index in [1.165, 1.54) is 30.5 Å². The summed E-state index contributed by atoms with van der Waals surface area (Å²) >= 11 is 0. The molecular weight excluding hydrogens is 240 g/mol. The number of nitrogens with two attached hydrogens (primary N) is 1. The van der Waals surface area contributed by atoms with Crippen LogP contribution < -0.4 is 11.1 Å². The fourth-order valence-corrected chi connectivity index (χ4v) is 1.33. The number of nitro benzene ring substituents is 1. The van der Waals surface area contributed by atoms with Gasteiger partial charge in [-0.1, -0.05) is 5.16 Å². The van der Waals surface area contributed by atoms with Crippen molar-refractivity contribution in [3.8, 4) is 0 Å². The minimum atomic E-state index is -0.616. The summed E-state index contributed by atoms with van der Waals surface area (Å²) in [7, 11) is 0. The first-order valence-electron chi connectivity index (χ1n) is 4.83. The third-order valence-corrected chi connectivity index (χ3v) is 2.17. The number of carbonyl (C=O) groups excluding carboxylic acids is 1. The number of amides is 1. The highest BCUT2D eigenvalue weighted by molar-refractivity contribution is 6.04. The van der Waals surface area contributed by atoms with Crippen LogP contribution in [0.3, 0.4) is 0 Å². The van der Waals surface area contributed by atoms with Gasteiger partial charge in [0.25, 0.3) is 11.6 Å². The summed E-state index contributed by atoms with van der Waals surface area (Å²) in [4.78, 5) is 21.7. The Bertz CT molecular complexity index is 594. The number of carbonyl (C=O) groups is 1. The molecule has 1 amide bonds. The molecule has 0 spiro atoms. The normalized spacial score (nSPS) is 10.0. The topological polar surface area (TPSA) is 124 Å². The standard InChI is InChI=1S/C10H8N4O4/c11-7-5-6(1-2-8(7)14(16)17)10(15)12-9-3-4-18-13-9/h1-5H,11H2,(H,12,13,15). The Kier molecular flexibility index (Phi) is 2.92. The molecule has 0 saturated carbocycles. The number of nitro groups is 1. The molecule has 1 aromatic heterocycles. The molecule has 0 aliphatic rings. The van der Waals surface area contributed by atoms with Gasteiger partial charge in [0.1, 0.15) is 12.0 Å². The maximum Gasteiger partial charge on any atom is 0.292 e. The van der Waals surface area contributed by atoms with Crippen molar-refractivity contribution in [3.05, 3.63) is 46.2 Å². The van der Waals surface area contributed by atoms with Gasteiger partial charge in [0.15, 0.2) is 5.82 Å². The predicted octanol–water partition coefficient (Wildman–Crippen LogP) is 1.42. The summed E-state index contributed by atoms with van der Waals surface area (Å²) in [5, 5.41) is 16.5. The molecule has 1 aromatic carbocycles.